The lowest BCUT2D eigenvalue weighted by Gasteiger charge is -2.14. The van der Waals surface area contributed by atoms with Gasteiger partial charge in [0.25, 0.3) is 5.56 Å². The van der Waals surface area contributed by atoms with Gasteiger partial charge >= 0.3 is 17.8 Å². The molecule has 0 aliphatic heterocycles. The molecule has 0 bridgehead atoms. The van der Waals surface area contributed by atoms with Crippen LogP contribution >= 0.6 is 11.6 Å². The first-order valence-corrected chi connectivity index (χ1v) is 8.99. The van der Waals surface area contributed by atoms with Crippen LogP contribution in [0.15, 0.2) is 29.2 Å². The molecule has 14 heteroatoms. The van der Waals surface area contributed by atoms with Gasteiger partial charge in [0.1, 0.15) is 22.7 Å². The van der Waals surface area contributed by atoms with Gasteiger partial charge in [-0.3, -0.25) is 4.79 Å². The van der Waals surface area contributed by atoms with Crippen molar-refractivity contribution in [2.24, 2.45) is 0 Å². The van der Waals surface area contributed by atoms with Crippen LogP contribution in [0.3, 0.4) is 0 Å². The van der Waals surface area contributed by atoms with Gasteiger partial charge in [-0.1, -0.05) is 23.7 Å². The molecule has 2 heterocycles. The van der Waals surface area contributed by atoms with Gasteiger partial charge in [0, 0.05) is 11.1 Å². The number of rotatable bonds is 7. The van der Waals surface area contributed by atoms with Crippen molar-refractivity contribution in [3.8, 4) is 16.9 Å². The standard InChI is InChI=1S/C18H14ClN5O8/c1-32-10-4-7(2-3-8(10)5-23-6-9(19)15(22-23)24(30)31)11-12(17(26)27)14(20)21-16(25)13(11)18(28)29/h2-4,6H,5H2,1H3,(H,26,27)(H,28,29)(H3,20,21,25). The minimum Gasteiger partial charge on any atom is -0.496 e. The topological polar surface area (TPSA) is 204 Å². The summed E-state index contributed by atoms with van der Waals surface area (Å²) < 4.78 is 6.51. The number of nitrogens with two attached hydrogens (primary N) is 1. The summed E-state index contributed by atoms with van der Waals surface area (Å²) in [4.78, 5) is 47.8. The number of nitrogens with one attached hydrogen (secondary N) is 1. The summed E-state index contributed by atoms with van der Waals surface area (Å²) in [5.74, 6) is -4.06. The van der Waals surface area contributed by atoms with E-state index in [4.69, 9.17) is 22.1 Å². The number of nitrogen functional groups attached to an aromatic ring is 1. The number of anilines is 1. The van der Waals surface area contributed by atoms with E-state index in [1.165, 1.54) is 36.2 Å². The van der Waals surface area contributed by atoms with Crippen LogP contribution in [0, 0.1) is 10.1 Å². The third-order valence-electron chi connectivity index (χ3n) is 4.45. The Morgan fingerprint density at radius 2 is 1.97 bits per heavy atom. The van der Waals surface area contributed by atoms with E-state index in [0.29, 0.717) is 5.56 Å². The smallest absolute Gasteiger partial charge is 0.408 e. The van der Waals surface area contributed by atoms with E-state index in [9.17, 15) is 34.7 Å². The molecule has 0 atom stereocenters. The Balaban J connectivity index is 2.17. The van der Waals surface area contributed by atoms with E-state index < -0.39 is 50.7 Å². The number of pyridine rings is 1. The summed E-state index contributed by atoms with van der Waals surface area (Å²) >= 11 is 5.80. The molecule has 3 aromatic rings. The number of ether oxygens (including phenoxy) is 1. The quantitative estimate of drug-likeness (QED) is 0.295. The van der Waals surface area contributed by atoms with E-state index in [2.05, 4.69) is 5.10 Å². The molecule has 3 rings (SSSR count). The second kappa shape index (κ2) is 8.39. The summed E-state index contributed by atoms with van der Waals surface area (Å²) in [7, 11) is 1.31. The number of benzene rings is 1. The summed E-state index contributed by atoms with van der Waals surface area (Å²) in [6, 6.07) is 4.15. The monoisotopic (exact) mass is 463 g/mol. The van der Waals surface area contributed by atoms with Crippen molar-refractivity contribution in [1.29, 1.82) is 0 Å². The van der Waals surface area contributed by atoms with Gasteiger partial charge in [-0.25, -0.2) is 9.59 Å². The number of hydrogen-bond acceptors (Lipinski definition) is 8. The molecule has 0 spiro atoms. The highest BCUT2D eigenvalue weighted by Gasteiger charge is 2.27. The second-order valence-corrected chi connectivity index (χ2v) is 6.79. The highest BCUT2D eigenvalue weighted by molar-refractivity contribution is 6.32. The third kappa shape index (κ3) is 3.96. The lowest BCUT2D eigenvalue weighted by atomic mass is 9.94. The first-order chi connectivity index (χ1) is 15.0. The summed E-state index contributed by atoms with van der Waals surface area (Å²) in [6.45, 7) is -0.00784. The number of carboxylic acids is 2. The second-order valence-electron chi connectivity index (χ2n) is 6.39. The molecule has 13 nitrogen and oxygen atoms in total. The number of carboxylic acid groups (broad SMARTS) is 2. The molecule has 0 aliphatic carbocycles. The summed E-state index contributed by atoms with van der Waals surface area (Å²) in [5.41, 5.74) is 3.27. The molecule has 0 saturated carbocycles. The predicted octanol–water partition coefficient (Wildman–Crippen LogP) is 1.84. The van der Waals surface area contributed by atoms with Crippen LogP contribution in [-0.2, 0) is 6.54 Å². The number of halogens is 1. The number of methoxy groups -OCH3 is 1. The van der Waals surface area contributed by atoms with E-state index >= 15 is 0 Å². The van der Waals surface area contributed by atoms with Gasteiger partial charge in [0.05, 0.1) is 25.0 Å². The van der Waals surface area contributed by atoms with Crippen LogP contribution in [0.2, 0.25) is 5.02 Å². The number of carbonyl (C=O) groups is 2. The third-order valence-corrected chi connectivity index (χ3v) is 4.72. The fourth-order valence-electron chi connectivity index (χ4n) is 3.13. The Kier molecular flexibility index (Phi) is 5.85. The highest BCUT2D eigenvalue weighted by atomic mass is 35.5. The maximum atomic E-state index is 12.2. The van der Waals surface area contributed by atoms with Gasteiger partial charge in [-0.2, -0.15) is 4.68 Å². The van der Waals surface area contributed by atoms with Crippen molar-refractivity contribution in [2.75, 3.05) is 12.8 Å². The molecule has 0 unspecified atom stereocenters. The van der Waals surface area contributed by atoms with Gasteiger partial charge in [0.15, 0.2) is 5.02 Å². The molecule has 32 heavy (non-hydrogen) atoms. The maximum Gasteiger partial charge on any atom is 0.408 e. The van der Waals surface area contributed by atoms with E-state index in [1.807, 2.05) is 4.98 Å². The molecule has 0 fully saturated rings. The SMILES string of the molecule is COc1cc(-c2c(C(=O)O)c(N)[nH]c(=O)c2C(=O)O)ccc1Cn1cc(Cl)c([N+](=O)[O-])n1. The van der Waals surface area contributed by atoms with Crippen LogP contribution < -0.4 is 16.0 Å². The number of aromatic carboxylic acids is 2. The maximum absolute atomic E-state index is 12.2. The number of nitrogens with zero attached hydrogens (tertiary/aromatic N) is 3. The minimum atomic E-state index is -1.65. The van der Waals surface area contributed by atoms with Gasteiger partial charge in [-0.15, -0.1) is 0 Å². The average Bonchev–Trinajstić information content (AvgIpc) is 3.07. The van der Waals surface area contributed by atoms with Crippen molar-refractivity contribution >= 4 is 35.2 Å². The number of aromatic nitrogens is 3. The van der Waals surface area contributed by atoms with Crippen LogP contribution in [-0.4, -0.2) is 48.9 Å². The molecular formula is C18H14ClN5O8. The number of nitro groups is 1. The fraction of sp³-hybridized carbons (Fsp3) is 0.111. The minimum absolute atomic E-state index is 0.00784. The van der Waals surface area contributed by atoms with E-state index in [0.717, 1.165) is 0 Å². The zero-order chi connectivity index (χ0) is 23.7. The van der Waals surface area contributed by atoms with Crippen molar-refractivity contribution < 1.29 is 29.5 Å². The molecule has 166 valence electrons. The first-order valence-electron chi connectivity index (χ1n) is 8.62. The number of hydrogen-bond donors (Lipinski definition) is 4. The Labute approximate surface area is 182 Å². The van der Waals surface area contributed by atoms with Gasteiger partial charge in [0.2, 0.25) is 0 Å². The van der Waals surface area contributed by atoms with Crippen molar-refractivity contribution in [1.82, 2.24) is 14.8 Å². The molecule has 5 N–H and O–H groups in total. The molecular weight excluding hydrogens is 450 g/mol. The lowest BCUT2D eigenvalue weighted by molar-refractivity contribution is -0.389. The molecule has 2 aromatic heterocycles. The van der Waals surface area contributed by atoms with Crippen molar-refractivity contribution in [2.45, 2.75) is 6.54 Å². The Hall–Kier alpha value is -4.39. The van der Waals surface area contributed by atoms with E-state index in [1.54, 1.807) is 0 Å². The average molecular weight is 464 g/mol. The van der Waals surface area contributed by atoms with Crippen LogP contribution in [0.4, 0.5) is 11.6 Å². The molecule has 0 radical (unpaired) electrons. The van der Waals surface area contributed by atoms with Crippen LogP contribution in [0.5, 0.6) is 5.75 Å². The number of H-pyrrole nitrogens is 1. The Morgan fingerprint density at radius 3 is 2.50 bits per heavy atom. The van der Waals surface area contributed by atoms with Gasteiger partial charge in [-0.05, 0) is 16.6 Å². The molecule has 0 saturated heterocycles. The molecule has 1 aromatic carbocycles. The molecule has 0 aliphatic rings. The fourth-order valence-corrected chi connectivity index (χ4v) is 3.35. The van der Waals surface area contributed by atoms with Gasteiger partial charge < -0.3 is 35.8 Å². The highest BCUT2D eigenvalue weighted by Crippen LogP contribution is 2.33. The van der Waals surface area contributed by atoms with Crippen molar-refractivity contribution in [3.05, 3.63) is 66.6 Å². The Bertz CT molecular complexity index is 1330. The zero-order valence-electron chi connectivity index (χ0n) is 16.2. The normalized spacial score (nSPS) is 10.7. The van der Waals surface area contributed by atoms with Crippen LogP contribution in [0.25, 0.3) is 11.1 Å². The Morgan fingerprint density at radius 1 is 1.31 bits per heavy atom. The number of aromatic amines is 1. The predicted molar refractivity (Wildman–Crippen MR) is 110 cm³/mol. The van der Waals surface area contributed by atoms with Crippen molar-refractivity contribution in [3.63, 3.8) is 0 Å². The largest absolute Gasteiger partial charge is 0.496 e. The summed E-state index contributed by atoms with van der Waals surface area (Å²) in [6.07, 6.45) is 1.25. The zero-order valence-corrected chi connectivity index (χ0v) is 16.9. The summed E-state index contributed by atoms with van der Waals surface area (Å²) in [5, 5.41) is 33.6. The van der Waals surface area contributed by atoms with Crippen LogP contribution in [0.1, 0.15) is 26.3 Å². The first kappa shape index (κ1) is 22.3. The lowest BCUT2D eigenvalue weighted by Crippen LogP contribution is -2.24. The van der Waals surface area contributed by atoms with E-state index in [-0.39, 0.29) is 22.9 Å². The molecule has 0 amide bonds.